The van der Waals surface area contributed by atoms with Gasteiger partial charge in [-0.3, -0.25) is 0 Å². The lowest BCUT2D eigenvalue weighted by molar-refractivity contribution is 0.0599. The van der Waals surface area contributed by atoms with Crippen LogP contribution in [0.2, 0.25) is 0 Å². The summed E-state index contributed by atoms with van der Waals surface area (Å²) in [4.78, 5) is 11.5. The zero-order valence-corrected chi connectivity index (χ0v) is 10.2. The molecule has 3 heteroatoms. The maximum absolute atomic E-state index is 11.5. The smallest absolute Gasteiger partial charge is 0.338 e. The number of esters is 1. The minimum Gasteiger partial charge on any atom is -0.465 e. The Morgan fingerprint density at radius 2 is 2.20 bits per heavy atom. The van der Waals surface area contributed by atoms with Crippen LogP contribution in [-0.2, 0) is 4.74 Å². The molecule has 0 amide bonds. The van der Waals surface area contributed by atoms with Crippen LogP contribution in [0.4, 0.5) is 0 Å². The summed E-state index contributed by atoms with van der Waals surface area (Å²) >= 11 is 4.46. The summed E-state index contributed by atoms with van der Waals surface area (Å²) in [6, 6.07) is 5.70. The fourth-order valence-corrected chi connectivity index (χ4v) is 1.69. The Bertz CT molecular complexity index is 361. The van der Waals surface area contributed by atoms with Crippen LogP contribution in [0, 0.1) is 6.92 Å². The molecule has 0 aliphatic rings. The number of aryl methyl sites for hydroxylation is 1. The van der Waals surface area contributed by atoms with Gasteiger partial charge in [-0.15, -0.1) is 0 Å². The van der Waals surface area contributed by atoms with Crippen LogP contribution in [0.3, 0.4) is 0 Å². The van der Waals surface area contributed by atoms with Gasteiger partial charge in [0.2, 0.25) is 0 Å². The first-order chi connectivity index (χ1) is 7.10. The lowest BCUT2D eigenvalue weighted by atomic mass is 10.0. The van der Waals surface area contributed by atoms with Crippen LogP contribution in [-0.4, -0.2) is 13.1 Å². The van der Waals surface area contributed by atoms with Crippen LogP contribution in [0.5, 0.6) is 0 Å². The van der Waals surface area contributed by atoms with Gasteiger partial charge in [-0.1, -0.05) is 24.6 Å². The summed E-state index contributed by atoms with van der Waals surface area (Å²) in [5.74, 6) is -0.294. The molecule has 1 aromatic carbocycles. The van der Waals surface area contributed by atoms with E-state index in [0.29, 0.717) is 5.56 Å². The zero-order chi connectivity index (χ0) is 11.4. The highest BCUT2D eigenvalue weighted by Gasteiger charge is 2.15. The summed E-state index contributed by atoms with van der Waals surface area (Å²) in [5, 5.41) is 0.0824. The molecule has 1 atom stereocenters. The highest BCUT2D eigenvalue weighted by molar-refractivity contribution is 7.80. The monoisotopic (exact) mass is 224 g/mol. The molecular weight excluding hydrogens is 208 g/mol. The predicted octanol–water partition coefficient (Wildman–Crippen LogP) is 3.16. The van der Waals surface area contributed by atoms with E-state index in [9.17, 15) is 4.79 Å². The van der Waals surface area contributed by atoms with Crippen molar-refractivity contribution in [3.05, 3.63) is 34.9 Å². The Morgan fingerprint density at radius 1 is 1.53 bits per heavy atom. The van der Waals surface area contributed by atoms with E-state index in [1.54, 1.807) is 6.07 Å². The van der Waals surface area contributed by atoms with E-state index < -0.39 is 0 Å². The van der Waals surface area contributed by atoms with Gasteiger partial charge in [0.05, 0.1) is 12.7 Å². The third kappa shape index (κ3) is 2.75. The molecule has 0 aliphatic heterocycles. The number of rotatable bonds is 3. The van der Waals surface area contributed by atoms with E-state index in [-0.39, 0.29) is 11.2 Å². The number of thiol groups is 1. The van der Waals surface area contributed by atoms with Gasteiger partial charge >= 0.3 is 5.97 Å². The maximum Gasteiger partial charge on any atom is 0.338 e. The fourth-order valence-electron chi connectivity index (χ4n) is 1.47. The number of carbonyl (C=O) groups excluding carboxylic acids is 1. The van der Waals surface area contributed by atoms with Gasteiger partial charge in [-0.05, 0) is 25.0 Å². The molecule has 0 saturated heterocycles. The molecule has 15 heavy (non-hydrogen) atoms. The molecule has 0 bridgehead atoms. The minimum absolute atomic E-state index is 0.0824. The molecule has 0 aliphatic carbocycles. The second-order valence-electron chi connectivity index (χ2n) is 3.51. The topological polar surface area (TPSA) is 26.3 Å². The van der Waals surface area contributed by atoms with Crippen LogP contribution in [0.1, 0.15) is 40.1 Å². The van der Waals surface area contributed by atoms with Gasteiger partial charge in [-0.2, -0.15) is 12.6 Å². The zero-order valence-electron chi connectivity index (χ0n) is 9.28. The van der Waals surface area contributed by atoms with Crippen molar-refractivity contribution in [1.82, 2.24) is 0 Å². The molecule has 2 nitrogen and oxygen atoms in total. The second kappa shape index (κ2) is 5.21. The second-order valence-corrected chi connectivity index (χ2v) is 4.13. The first kappa shape index (κ1) is 12.1. The van der Waals surface area contributed by atoms with E-state index >= 15 is 0 Å². The van der Waals surface area contributed by atoms with E-state index in [4.69, 9.17) is 4.74 Å². The fraction of sp³-hybridized carbons (Fsp3) is 0.417. The molecule has 0 spiro atoms. The van der Waals surface area contributed by atoms with Crippen LogP contribution < -0.4 is 0 Å². The summed E-state index contributed by atoms with van der Waals surface area (Å²) in [7, 11) is 1.39. The van der Waals surface area contributed by atoms with E-state index in [0.717, 1.165) is 17.5 Å². The number of hydrogen-bond donors (Lipinski definition) is 1. The first-order valence-electron chi connectivity index (χ1n) is 4.97. The lowest BCUT2D eigenvalue weighted by Crippen LogP contribution is -2.07. The molecule has 0 heterocycles. The van der Waals surface area contributed by atoms with Gasteiger partial charge in [0.15, 0.2) is 0 Å². The van der Waals surface area contributed by atoms with E-state index in [1.807, 2.05) is 26.0 Å². The van der Waals surface area contributed by atoms with Crippen molar-refractivity contribution in [2.75, 3.05) is 7.11 Å². The van der Waals surface area contributed by atoms with Gasteiger partial charge in [-0.25, -0.2) is 4.79 Å². The Kier molecular flexibility index (Phi) is 4.21. The highest BCUT2D eigenvalue weighted by atomic mass is 32.1. The molecule has 0 radical (unpaired) electrons. The molecule has 1 aromatic rings. The van der Waals surface area contributed by atoms with Crippen molar-refractivity contribution < 1.29 is 9.53 Å². The Hall–Kier alpha value is -0.960. The highest BCUT2D eigenvalue weighted by Crippen LogP contribution is 2.27. The summed E-state index contributed by atoms with van der Waals surface area (Å²) in [6.07, 6.45) is 0.885. The average Bonchev–Trinajstić information content (AvgIpc) is 2.26. The van der Waals surface area contributed by atoms with E-state index in [2.05, 4.69) is 12.6 Å². The van der Waals surface area contributed by atoms with Crippen molar-refractivity contribution >= 4 is 18.6 Å². The average molecular weight is 224 g/mol. The Labute approximate surface area is 96.1 Å². The third-order valence-corrected chi connectivity index (χ3v) is 3.00. The SMILES string of the molecule is CCC(S)c1cc(C)ccc1C(=O)OC. The molecule has 0 saturated carbocycles. The van der Waals surface area contributed by atoms with Crippen molar-refractivity contribution in [2.45, 2.75) is 25.5 Å². The van der Waals surface area contributed by atoms with Crippen molar-refractivity contribution in [3.8, 4) is 0 Å². The molecule has 82 valence electrons. The summed E-state index contributed by atoms with van der Waals surface area (Å²) < 4.78 is 4.74. The van der Waals surface area contributed by atoms with Crippen molar-refractivity contribution in [1.29, 1.82) is 0 Å². The number of methoxy groups -OCH3 is 1. The quantitative estimate of drug-likeness (QED) is 0.630. The van der Waals surface area contributed by atoms with Crippen LogP contribution in [0.15, 0.2) is 18.2 Å². The molecule has 0 N–H and O–H groups in total. The largest absolute Gasteiger partial charge is 0.465 e. The third-order valence-electron chi connectivity index (χ3n) is 2.36. The normalized spacial score (nSPS) is 12.3. The maximum atomic E-state index is 11.5. The standard InChI is InChI=1S/C12H16O2S/c1-4-11(15)10-7-8(2)5-6-9(10)12(13)14-3/h5-7,11,15H,4H2,1-3H3. The van der Waals surface area contributed by atoms with Crippen LogP contribution >= 0.6 is 12.6 Å². The first-order valence-corrected chi connectivity index (χ1v) is 5.48. The molecule has 0 fully saturated rings. The molecule has 0 aromatic heterocycles. The van der Waals surface area contributed by atoms with Crippen molar-refractivity contribution in [2.24, 2.45) is 0 Å². The molecular formula is C12H16O2S. The molecule has 1 unspecified atom stereocenters. The Balaban J connectivity index is 3.20. The number of hydrogen-bond acceptors (Lipinski definition) is 3. The molecule has 1 rings (SSSR count). The van der Waals surface area contributed by atoms with Gasteiger partial charge in [0.25, 0.3) is 0 Å². The van der Waals surface area contributed by atoms with Crippen LogP contribution in [0.25, 0.3) is 0 Å². The van der Waals surface area contributed by atoms with E-state index in [1.165, 1.54) is 7.11 Å². The van der Waals surface area contributed by atoms with Gasteiger partial charge in [0, 0.05) is 5.25 Å². The minimum atomic E-state index is -0.294. The predicted molar refractivity (Wildman–Crippen MR) is 64.5 cm³/mol. The van der Waals surface area contributed by atoms with Gasteiger partial charge in [0.1, 0.15) is 0 Å². The van der Waals surface area contributed by atoms with Crippen molar-refractivity contribution in [3.63, 3.8) is 0 Å². The number of benzene rings is 1. The Morgan fingerprint density at radius 3 is 2.73 bits per heavy atom. The number of ether oxygens (including phenoxy) is 1. The van der Waals surface area contributed by atoms with Gasteiger partial charge < -0.3 is 4.74 Å². The lowest BCUT2D eigenvalue weighted by Gasteiger charge is -2.13. The summed E-state index contributed by atoms with van der Waals surface area (Å²) in [6.45, 7) is 4.04. The number of carbonyl (C=O) groups is 1. The summed E-state index contributed by atoms with van der Waals surface area (Å²) in [5.41, 5.74) is 2.70.